The van der Waals surface area contributed by atoms with Crippen LogP contribution in [0.15, 0.2) is 0 Å². The number of hydrogen-bond acceptors (Lipinski definition) is 2. The maximum Gasteiger partial charge on any atom is 0.320 e. The molecule has 4 heteroatoms. The minimum atomic E-state index is 0.174. The van der Waals surface area contributed by atoms with Crippen LogP contribution in [0, 0.1) is 0 Å². The predicted molar refractivity (Wildman–Crippen MR) is 57.6 cm³/mol. The lowest BCUT2D eigenvalue weighted by atomic mass is 9.91. The Morgan fingerprint density at radius 2 is 2.07 bits per heavy atom. The molecule has 86 valence electrons. The van der Waals surface area contributed by atoms with Gasteiger partial charge in [0.25, 0.3) is 0 Å². The van der Waals surface area contributed by atoms with E-state index in [1.165, 1.54) is 19.3 Å². The topological polar surface area (TPSA) is 43.8 Å². The summed E-state index contributed by atoms with van der Waals surface area (Å²) in [5.74, 6) is 0. The molecular weight excluding hydrogens is 192 g/mol. The highest BCUT2D eigenvalue weighted by molar-refractivity contribution is 5.75. The molecule has 1 saturated heterocycles. The standard InChI is InChI=1S/C11H20N2O2/c14-9-3-7-12-6-2-8-13(11(12)15)10-4-1-5-10/h10,14H,1-9H2. The first-order valence-electron chi connectivity index (χ1n) is 5.99. The molecule has 2 amide bonds. The molecule has 1 heterocycles. The van der Waals surface area contributed by atoms with Crippen molar-refractivity contribution in [2.24, 2.45) is 0 Å². The Kier molecular flexibility index (Phi) is 3.46. The molecule has 0 spiro atoms. The van der Waals surface area contributed by atoms with Crippen LogP contribution in [0.4, 0.5) is 4.79 Å². The van der Waals surface area contributed by atoms with E-state index < -0.39 is 0 Å². The Hall–Kier alpha value is -0.770. The molecule has 1 N–H and O–H groups in total. The van der Waals surface area contributed by atoms with E-state index in [1.807, 2.05) is 9.80 Å². The van der Waals surface area contributed by atoms with Gasteiger partial charge in [0.2, 0.25) is 0 Å². The van der Waals surface area contributed by atoms with Crippen LogP contribution in [0.3, 0.4) is 0 Å². The van der Waals surface area contributed by atoms with Gasteiger partial charge in [0.1, 0.15) is 0 Å². The van der Waals surface area contributed by atoms with Gasteiger partial charge in [-0.15, -0.1) is 0 Å². The second kappa shape index (κ2) is 4.84. The molecule has 2 aliphatic rings. The summed E-state index contributed by atoms with van der Waals surface area (Å²) in [6.45, 7) is 2.67. The Balaban J connectivity index is 1.87. The van der Waals surface area contributed by atoms with E-state index in [2.05, 4.69) is 0 Å². The number of amides is 2. The molecule has 0 unspecified atom stereocenters. The van der Waals surface area contributed by atoms with Gasteiger partial charge in [-0.1, -0.05) is 0 Å². The Morgan fingerprint density at radius 1 is 1.27 bits per heavy atom. The maximum absolute atomic E-state index is 12.0. The average Bonchev–Trinajstić information content (AvgIpc) is 2.17. The third-order valence-electron chi connectivity index (χ3n) is 3.44. The van der Waals surface area contributed by atoms with E-state index in [4.69, 9.17) is 5.11 Å². The summed E-state index contributed by atoms with van der Waals surface area (Å²) >= 11 is 0. The van der Waals surface area contributed by atoms with Crippen molar-refractivity contribution in [3.8, 4) is 0 Å². The first kappa shape index (κ1) is 10.7. The summed E-state index contributed by atoms with van der Waals surface area (Å²) in [5, 5.41) is 8.76. The van der Waals surface area contributed by atoms with Gasteiger partial charge in [0.05, 0.1) is 0 Å². The van der Waals surface area contributed by atoms with Crippen LogP contribution in [0.1, 0.15) is 32.1 Å². The highest BCUT2D eigenvalue weighted by Gasteiger charge is 2.33. The first-order chi connectivity index (χ1) is 7.33. The third kappa shape index (κ3) is 2.25. The number of aliphatic hydroxyl groups is 1. The van der Waals surface area contributed by atoms with Crippen molar-refractivity contribution < 1.29 is 9.90 Å². The van der Waals surface area contributed by atoms with Crippen LogP contribution in [-0.4, -0.2) is 53.2 Å². The van der Waals surface area contributed by atoms with Crippen LogP contribution in [0.2, 0.25) is 0 Å². The van der Waals surface area contributed by atoms with Crippen LogP contribution in [0.5, 0.6) is 0 Å². The molecule has 1 aliphatic carbocycles. The molecule has 1 aliphatic heterocycles. The number of aliphatic hydroxyl groups excluding tert-OH is 1. The fraction of sp³-hybridized carbons (Fsp3) is 0.909. The molecule has 4 nitrogen and oxygen atoms in total. The molecule has 2 fully saturated rings. The Morgan fingerprint density at radius 3 is 2.67 bits per heavy atom. The fourth-order valence-corrected chi connectivity index (χ4v) is 2.31. The van der Waals surface area contributed by atoms with Gasteiger partial charge >= 0.3 is 6.03 Å². The normalized spacial score (nSPS) is 23.1. The van der Waals surface area contributed by atoms with Crippen molar-refractivity contribution in [3.63, 3.8) is 0 Å². The minimum Gasteiger partial charge on any atom is -0.396 e. The van der Waals surface area contributed by atoms with Crippen LogP contribution >= 0.6 is 0 Å². The zero-order chi connectivity index (χ0) is 10.7. The smallest absolute Gasteiger partial charge is 0.320 e. The monoisotopic (exact) mass is 212 g/mol. The van der Waals surface area contributed by atoms with Crippen LogP contribution in [0.25, 0.3) is 0 Å². The number of hydrogen-bond donors (Lipinski definition) is 1. The van der Waals surface area contributed by atoms with E-state index in [-0.39, 0.29) is 12.6 Å². The van der Waals surface area contributed by atoms with Gasteiger partial charge in [-0.2, -0.15) is 0 Å². The van der Waals surface area contributed by atoms with Crippen molar-refractivity contribution in [1.82, 2.24) is 9.80 Å². The first-order valence-corrected chi connectivity index (χ1v) is 5.99. The van der Waals surface area contributed by atoms with Crippen molar-refractivity contribution in [1.29, 1.82) is 0 Å². The molecule has 0 radical (unpaired) electrons. The van der Waals surface area contributed by atoms with E-state index in [0.717, 1.165) is 19.5 Å². The Bertz CT molecular complexity index is 229. The van der Waals surface area contributed by atoms with Gasteiger partial charge < -0.3 is 14.9 Å². The van der Waals surface area contributed by atoms with Crippen LogP contribution < -0.4 is 0 Å². The summed E-state index contributed by atoms with van der Waals surface area (Å²) in [6.07, 6.45) is 5.40. The number of carbonyl (C=O) groups is 1. The van der Waals surface area contributed by atoms with E-state index >= 15 is 0 Å². The second-order valence-electron chi connectivity index (χ2n) is 4.48. The maximum atomic E-state index is 12.0. The summed E-state index contributed by atoms with van der Waals surface area (Å²) in [7, 11) is 0. The van der Waals surface area contributed by atoms with Crippen LogP contribution in [-0.2, 0) is 0 Å². The van der Waals surface area contributed by atoms with Crippen molar-refractivity contribution in [2.45, 2.75) is 38.1 Å². The number of rotatable bonds is 4. The molecule has 15 heavy (non-hydrogen) atoms. The van der Waals surface area contributed by atoms with Crippen molar-refractivity contribution in [2.75, 3.05) is 26.2 Å². The second-order valence-corrected chi connectivity index (χ2v) is 4.48. The van der Waals surface area contributed by atoms with Gasteiger partial charge in [-0.25, -0.2) is 4.79 Å². The highest BCUT2D eigenvalue weighted by atomic mass is 16.3. The quantitative estimate of drug-likeness (QED) is 0.757. The summed E-state index contributed by atoms with van der Waals surface area (Å²) in [4.78, 5) is 16.0. The zero-order valence-electron chi connectivity index (χ0n) is 9.19. The van der Waals surface area contributed by atoms with Gasteiger partial charge in [-0.3, -0.25) is 0 Å². The molecule has 2 rings (SSSR count). The molecule has 0 aromatic carbocycles. The number of carbonyl (C=O) groups excluding carboxylic acids is 1. The minimum absolute atomic E-state index is 0.174. The van der Waals surface area contributed by atoms with Gasteiger partial charge in [0.15, 0.2) is 0 Å². The summed E-state index contributed by atoms with van der Waals surface area (Å²) < 4.78 is 0. The van der Waals surface area contributed by atoms with E-state index in [1.54, 1.807) is 0 Å². The molecule has 0 bridgehead atoms. The molecule has 0 atom stereocenters. The zero-order valence-corrected chi connectivity index (χ0v) is 9.19. The summed E-state index contributed by atoms with van der Waals surface area (Å²) in [5.41, 5.74) is 0. The molecule has 0 aromatic heterocycles. The number of nitrogens with zero attached hydrogens (tertiary/aromatic N) is 2. The highest BCUT2D eigenvalue weighted by Crippen LogP contribution is 2.27. The van der Waals surface area contributed by atoms with E-state index in [0.29, 0.717) is 19.0 Å². The van der Waals surface area contributed by atoms with Gasteiger partial charge in [0, 0.05) is 32.3 Å². The largest absolute Gasteiger partial charge is 0.396 e. The molecular formula is C11H20N2O2. The fourth-order valence-electron chi connectivity index (χ4n) is 2.31. The lowest BCUT2D eigenvalue weighted by molar-refractivity contribution is 0.0807. The van der Waals surface area contributed by atoms with Gasteiger partial charge in [-0.05, 0) is 32.1 Å². The lowest BCUT2D eigenvalue weighted by Gasteiger charge is -2.43. The molecule has 0 aromatic rings. The third-order valence-corrected chi connectivity index (χ3v) is 3.44. The summed E-state index contributed by atoms with van der Waals surface area (Å²) in [6, 6.07) is 0.703. The van der Waals surface area contributed by atoms with E-state index in [9.17, 15) is 4.79 Å². The number of urea groups is 1. The predicted octanol–water partition coefficient (Wildman–Crippen LogP) is 1.05. The Labute approximate surface area is 90.9 Å². The lowest BCUT2D eigenvalue weighted by Crippen LogP contribution is -2.55. The molecule has 1 saturated carbocycles. The SMILES string of the molecule is O=C1N(CCCO)CCCN1C1CCC1. The van der Waals surface area contributed by atoms with Crippen molar-refractivity contribution in [3.05, 3.63) is 0 Å². The van der Waals surface area contributed by atoms with Crippen molar-refractivity contribution >= 4 is 6.03 Å². The average molecular weight is 212 g/mol.